The topological polar surface area (TPSA) is 64.4 Å². The number of carbonyl (C=O) groups is 1. The highest BCUT2D eigenvalue weighted by Gasteiger charge is 2.16. The fourth-order valence-corrected chi connectivity index (χ4v) is 0.919. The summed E-state index contributed by atoms with van der Waals surface area (Å²) in [7, 11) is 1.29. The average molecular weight is 192 g/mol. The Morgan fingerprint density at radius 1 is 1.92 bits per heavy atom. The van der Waals surface area contributed by atoms with E-state index >= 15 is 0 Å². The summed E-state index contributed by atoms with van der Waals surface area (Å²) in [4.78, 5) is 10.4. The molecular formula is C5H5FN2O3S. The predicted molar refractivity (Wildman–Crippen MR) is 39.8 cm³/mol. The molecule has 0 bridgehead atoms. The third-order valence-corrected chi connectivity index (χ3v) is 1.48. The molecule has 0 unspecified atom stereocenters. The van der Waals surface area contributed by atoms with Gasteiger partial charge in [-0.05, 0) is 0 Å². The normalized spacial score (nSPS) is 9.83. The minimum Gasteiger partial charge on any atom is -0.492 e. The van der Waals surface area contributed by atoms with Crippen LogP contribution in [-0.4, -0.2) is 27.4 Å². The molecular weight excluding hydrogens is 187 g/mol. The summed E-state index contributed by atoms with van der Waals surface area (Å²) in [5, 5.41) is 11.9. The maximum Gasteiger partial charge on any atom is 0.360 e. The van der Waals surface area contributed by atoms with Gasteiger partial charge in [0.15, 0.2) is 18.1 Å². The third kappa shape index (κ3) is 1.50. The zero-order valence-corrected chi connectivity index (χ0v) is 6.84. The number of halogens is 1. The standard InChI is InChI=1S/C5H5FN2O3S/c1-11-3-2-8(12-6)7-4(3)5(9)10/h2H,1H3,(H,9,10). The van der Waals surface area contributed by atoms with Crippen LogP contribution < -0.4 is 4.74 Å². The molecule has 12 heavy (non-hydrogen) atoms. The molecule has 0 fully saturated rings. The van der Waals surface area contributed by atoms with Gasteiger partial charge in [0.05, 0.1) is 13.3 Å². The molecule has 0 saturated carbocycles. The van der Waals surface area contributed by atoms with Gasteiger partial charge >= 0.3 is 5.97 Å². The lowest BCUT2D eigenvalue weighted by Gasteiger charge is -1.92. The minimum atomic E-state index is -1.25. The second-order valence-electron chi connectivity index (χ2n) is 1.82. The van der Waals surface area contributed by atoms with Crippen LogP contribution in [0, 0.1) is 0 Å². The molecule has 0 atom stereocenters. The van der Waals surface area contributed by atoms with Crippen molar-refractivity contribution in [3.05, 3.63) is 11.9 Å². The molecule has 0 aliphatic carbocycles. The van der Waals surface area contributed by atoms with Gasteiger partial charge in [-0.1, -0.05) is 0 Å². The predicted octanol–water partition coefficient (Wildman–Crippen LogP) is 0.971. The monoisotopic (exact) mass is 192 g/mol. The first-order valence-corrected chi connectivity index (χ1v) is 3.52. The molecule has 0 saturated heterocycles. The van der Waals surface area contributed by atoms with E-state index in [1.165, 1.54) is 7.11 Å². The summed E-state index contributed by atoms with van der Waals surface area (Å²) in [6.07, 6.45) is 1.15. The molecule has 7 heteroatoms. The van der Waals surface area contributed by atoms with E-state index in [1.54, 1.807) is 0 Å². The Bertz CT molecular complexity index is 301. The smallest absolute Gasteiger partial charge is 0.360 e. The lowest BCUT2D eigenvalue weighted by molar-refractivity contribution is 0.0687. The Kier molecular flexibility index (Phi) is 2.54. The zero-order valence-electron chi connectivity index (χ0n) is 6.02. The number of rotatable bonds is 3. The number of aromatic nitrogens is 2. The van der Waals surface area contributed by atoms with Gasteiger partial charge in [0.25, 0.3) is 0 Å². The van der Waals surface area contributed by atoms with Crippen LogP contribution in [0.2, 0.25) is 0 Å². The summed E-state index contributed by atoms with van der Waals surface area (Å²) in [5.41, 5.74) is -0.303. The van der Waals surface area contributed by atoms with E-state index in [9.17, 15) is 8.68 Å². The van der Waals surface area contributed by atoms with Crippen molar-refractivity contribution < 1.29 is 18.5 Å². The fourth-order valence-electron chi connectivity index (χ4n) is 0.671. The van der Waals surface area contributed by atoms with Gasteiger partial charge in [0.1, 0.15) is 0 Å². The Hall–Kier alpha value is -1.24. The van der Waals surface area contributed by atoms with Gasteiger partial charge in [0, 0.05) is 0 Å². The number of hydrogen-bond acceptors (Lipinski definition) is 4. The second kappa shape index (κ2) is 3.44. The van der Waals surface area contributed by atoms with Crippen molar-refractivity contribution in [2.24, 2.45) is 0 Å². The van der Waals surface area contributed by atoms with Gasteiger partial charge < -0.3 is 9.84 Å². The van der Waals surface area contributed by atoms with E-state index in [4.69, 9.17) is 5.11 Å². The number of hydrogen-bond donors (Lipinski definition) is 1. The van der Waals surface area contributed by atoms with Crippen molar-refractivity contribution in [2.75, 3.05) is 7.11 Å². The lowest BCUT2D eigenvalue weighted by atomic mass is 10.4. The number of methoxy groups -OCH3 is 1. The minimum absolute atomic E-state index is 0.0349. The molecule has 1 aromatic heterocycles. The summed E-state index contributed by atoms with van der Waals surface area (Å²) in [6.45, 7) is 0. The third-order valence-electron chi connectivity index (χ3n) is 1.15. The lowest BCUT2D eigenvalue weighted by Crippen LogP contribution is -2.00. The highest BCUT2D eigenvalue weighted by Crippen LogP contribution is 2.19. The number of ether oxygens (including phenoxy) is 1. The summed E-state index contributed by atoms with van der Waals surface area (Å²) < 4.78 is 17.3. The van der Waals surface area contributed by atoms with Gasteiger partial charge in [-0.15, -0.1) is 8.98 Å². The van der Waals surface area contributed by atoms with Crippen molar-refractivity contribution in [2.45, 2.75) is 0 Å². The fraction of sp³-hybridized carbons (Fsp3) is 0.200. The quantitative estimate of drug-likeness (QED) is 0.773. The van der Waals surface area contributed by atoms with Crippen molar-refractivity contribution in [1.82, 2.24) is 9.19 Å². The van der Waals surface area contributed by atoms with Crippen LogP contribution in [-0.2, 0) is 0 Å². The van der Waals surface area contributed by atoms with Crippen molar-refractivity contribution in [3.63, 3.8) is 0 Å². The molecule has 0 aliphatic rings. The first-order chi connectivity index (χ1) is 5.69. The molecule has 1 heterocycles. The highest BCUT2D eigenvalue weighted by molar-refractivity contribution is 7.92. The molecule has 0 amide bonds. The Balaban J connectivity index is 3.08. The Morgan fingerprint density at radius 2 is 2.58 bits per heavy atom. The Labute approximate surface area is 71.6 Å². The van der Waals surface area contributed by atoms with Crippen LogP contribution in [0.3, 0.4) is 0 Å². The van der Waals surface area contributed by atoms with E-state index < -0.39 is 5.97 Å². The molecule has 66 valence electrons. The number of carboxylic acids is 1. The van der Waals surface area contributed by atoms with Crippen LogP contribution in [0.15, 0.2) is 6.20 Å². The first kappa shape index (κ1) is 8.85. The van der Waals surface area contributed by atoms with Crippen LogP contribution in [0.25, 0.3) is 0 Å². The van der Waals surface area contributed by atoms with Gasteiger partial charge in [-0.2, -0.15) is 4.09 Å². The average Bonchev–Trinajstić information content (AvgIpc) is 2.47. The Morgan fingerprint density at radius 3 is 2.92 bits per heavy atom. The molecule has 0 radical (unpaired) electrons. The summed E-state index contributed by atoms with van der Waals surface area (Å²) in [5.74, 6) is -1.22. The molecule has 0 aromatic carbocycles. The van der Waals surface area contributed by atoms with E-state index in [2.05, 4.69) is 9.84 Å². The van der Waals surface area contributed by atoms with Crippen LogP contribution >= 0.6 is 12.3 Å². The van der Waals surface area contributed by atoms with E-state index in [0.717, 1.165) is 10.3 Å². The van der Waals surface area contributed by atoms with Crippen molar-refractivity contribution in [3.8, 4) is 5.75 Å². The summed E-state index contributed by atoms with van der Waals surface area (Å²) in [6, 6.07) is 0. The van der Waals surface area contributed by atoms with Gasteiger partial charge in [-0.25, -0.2) is 4.79 Å². The maximum atomic E-state index is 11.9. The van der Waals surface area contributed by atoms with Gasteiger partial charge in [0.2, 0.25) is 5.69 Å². The summed E-state index contributed by atoms with van der Waals surface area (Å²) >= 11 is -0.201. The number of aromatic carboxylic acids is 1. The van der Waals surface area contributed by atoms with Crippen LogP contribution in [0.4, 0.5) is 3.89 Å². The van der Waals surface area contributed by atoms with E-state index in [1.807, 2.05) is 0 Å². The molecule has 0 spiro atoms. The highest BCUT2D eigenvalue weighted by atomic mass is 32.2. The molecule has 1 aromatic rings. The molecule has 1 rings (SSSR count). The zero-order chi connectivity index (χ0) is 9.14. The SMILES string of the molecule is COc1cn(SF)nc1C(=O)O. The van der Waals surface area contributed by atoms with E-state index in [0.29, 0.717) is 0 Å². The van der Waals surface area contributed by atoms with Crippen LogP contribution in [0.5, 0.6) is 5.75 Å². The largest absolute Gasteiger partial charge is 0.492 e. The van der Waals surface area contributed by atoms with Crippen LogP contribution in [0.1, 0.15) is 10.5 Å². The number of nitrogens with zero attached hydrogens (tertiary/aromatic N) is 2. The molecule has 0 aliphatic heterocycles. The van der Waals surface area contributed by atoms with Crippen molar-refractivity contribution >= 4 is 18.3 Å². The maximum absolute atomic E-state index is 11.9. The second-order valence-corrected chi connectivity index (χ2v) is 2.33. The van der Waals surface area contributed by atoms with Crippen molar-refractivity contribution in [1.29, 1.82) is 0 Å². The molecule has 5 nitrogen and oxygen atoms in total. The first-order valence-electron chi connectivity index (χ1n) is 2.85. The molecule has 1 N–H and O–H groups in total. The number of carboxylic acid groups (broad SMARTS) is 1. The van der Waals surface area contributed by atoms with Gasteiger partial charge in [-0.3, -0.25) is 0 Å². The van der Waals surface area contributed by atoms with E-state index in [-0.39, 0.29) is 23.8 Å².